The predicted octanol–water partition coefficient (Wildman–Crippen LogP) is 1.60. The Hall–Kier alpha value is -2.19. The molecule has 4 aliphatic heterocycles. The van der Waals surface area contributed by atoms with Crippen LogP contribution in [0.4, 0.5) is 0 Å². The molecule has 4 fully saturated rings. The van der Waals surface area contributed by atoms with Crippen molar-refractivity contribution >= 4 is 56.2 Å². The smallest absolute Gasteiger partial charge is 0.394 e. The number of nitrogens with zero attached hydrogens (tertiary/aromatic N) is 4. The van der Waals surface area contributed by atoms with Crippen LogP contribution < -0.4 is 5.32 Å². The van der Waals surface area contributed by atoms with Crippen molar-refractivity contribution in [3.05, 3.63) is 18.3 Å². The number of aliphatic hydroxyl groups is 9. The molecule has 0 radical (unpaired) electrons. The van der Waals surface area contributed by atoms with Gasteiger partial charge in [0.05, 0.1) is 108 Å². The second-order valence-corrected chi connectivity index (χ2v) is 34.7. The highest BCUT2D eigenvalue weighted by Gasteiger charge is 2.49. The van der Waals surface area contributed by atoms with E-state index in [1.807, 2.05) is 0 Å². The molecule has 4 saturated heterocycles. The topological polar surface area (TPSA) is 626 Å². The molecule has 12 unspecified atom stereocenters. The van der Waals surface area contributed by atoms with Crippen LogP contribution in [-0.2, 0) is 120 Å². The Kier molecular flexibility index (Phi) is 42.5. The molecule has 45 nitrogen and oxygen atoms in total. The Morgan fingerprint density at radius 1 is 0.518 bits per heavy atom. The van der Waals surface area contributed by atoms with E-state index in [4.69, 9.17) is 92.6 Å². The fourth-order valence-electron chi connectivity index (χ4n) is 11.9. The fourth-order valence-corrected chi connectivity index (χ4v) is 15.8. The van der Waals surface area contributed by atoms with Crippen LogP contribution in [-0.4, -0.2) is 307 Å². The molecule has 0 bridgehead atoms. The lowest BCUT2D eigenvalue weighted by atomic mass is 9.92. The van der Waals surface area contributed by atoms with E-state index in [0.29, 0.717) is 74.6 Å². The number of rotatable bonds is 57. The molecule has 112 heavy (non-hydrogen) atoms. The second kappa shape index (κ2) is 48.3. The summed E-state index contributed by atoms with van der Waals surface area (Å²) in [7, 11) is -25.1. The molecule has 15 N–H and O–H groups in total. The van der Waals surface area contributed by atoms with E-state index in [9.17, 15) is 98.0 Å². The summed E-state index contributed by atoms with van der Waals surface area (Å²) in [5, 5.41) is 93.0. The van der Waals surface area contributed by atoms with Crippen molar-refractivity contribution < 1.29 is 191 Å². The normalized spacial score (nSPS) is 30.5. The highest BCUT2D eigenvalue weighted by atomic mass is 31.2. The van der Waals surface area contributed by atoms with Crippen molar-refractivity contribution in [2.75, 3.05) is 113 Å². The molecule has 2 aromatic heterocycles. The van der Waals surface area contributed by atoms with Crippen molar-refractivity contribution in [3.63, 3.8) is 0 Å². The van der Waals surface area contributed by atoms with E-state index in [1.54, 1.807) is 20.8 Å². The molecular weight excluding hydrogens is 1610 g/mol. The number of aliphatic hydroxyl groups excluding tert-OH is 9. The van der Waals surface area contributed by atoms with Crippen LogP contribution in [0.15, 0.2) is 12.7 Å². The van der Waals surface area contributed by atoms with Crippen LogP contribution in [0, 0.1) is 24.2 Å². The molecule has 652 valence electrons. The number of fused-ring (bicyclic) bond motifs is 1. The summed E-state index contributed by atoms with van der Waals surface area (Å²) in [5.74, 6) is -1.75. The third-order valence-corrected chi connectivity index (χ3v) is 23.0. The van der Waals surface area contributed by atoms with Gasteiger partial charge in [0.15, 0.2) is 44.9 Å². The zero-order valence-electron chi connectivity index (χ0n) is 63.2. The lowest BCUT2D eigenvalue weighted by Gasteiger charge is -2.42. The number of carbonyl (C=O) groups excluding carboxylic acids is 1. The lowest BCUT2D eigenvalue weighted by Crippen LogP contribution is -2.64. The first-order valence-electron chi connectivity index (χ1n) is 36.6. The first-order chi connectivity index (χ1) is 52.9. The van der Waals surface area contributed by atoms with E-state index in [1.165, 1.54) is 38.0 Å². The SMILES string of the molecule is CC(=O)NC1[C@H](OCCCCCCOP(=O)(O)OCOCC(COCOP(=O)(O)OCCCCCCO[C@@H]2OC(CO)[C@H](O)[C@H](O)C2C)(COCOP(=O)(O)OCCCCCCO[C@@H]2OC(CO)[C@H](O)[C@H](O)C2C)COP(=O)(O)OC[C@H]2O[C@@H](n3cnc4c(C)ncnc43)CC2OP(=O)(O)OC(C)C)OC(CO)[C@H](O)[C@@H]1O. The van der Waals surface area contributed by atoms with Crippen molar-refractivity contribution in [1.82, 2.24) is 24.8 Å². The monoisotopic (exact) mass is 1720 g/mol. The van der Waals surface area contributed by atoms with Crippen molar-refractivity contribution in [1.29, 1.82) is 0 Å². The molecule has 6 heterocycles. The molecule has 4 aliphatic rings. The average Bonchev–Trinajstić information content (AvgIpc) is 1.60. The van der Waals surface area contributed by atoms with Crippen LogP contribution in [0.25, 0.3) is 11.2 Å². The van der Waals surface area contributed by atoms with E-state index in [-0.39, 0.29) is 65.3 Å². The summed E-state index contributed by atoms with van der Waals surface area (Å²) in [6.45, 7) is -0.996. The average molecular weight is 1720 g/mol. The quantitative estimate of drug-likeness (QED) is 0.0254. The summed E-state index contributed by atoms with van der Waals surface area (Å²) >= 11 is 0. The summed E-state index contributed by atoms with van der Waals surface area (Å²) in [4.78, 5) is 78.7. The van der Waals surface area contributed by atoms with Gasteiger partial charge in [-0.1, -0.05) is 52.4 Å². The molecule has 6 rings (SSSR count). The highest BCUT2D eigenvalue weighted by molar-refractivity contribution is 7.48. The van der Waals surface area contributed by atoms with Gasteiger partial charge in [0.2, 0.25) is 5.91 Å². The Morgan fingerprint density at radius 2 is 0.929 bits per heavy atom. The molecule has 23 atom stereocenters. The molecule has 0 spiro atoms. The number of amides is 1. The third-order valence-electron chi connectivity index (χ3n) is 18.1. The van der Waals surface area contributed by atoms with Gasteiger partial charge in [0, 0.05) is 45.0 Å². The van der Waals surface area contributed by atoms with Gasteiger partial charge in [-0.3, -0.25) is 54.6 Å². The minimum Gasteiger partial charge on any atom is -0.394 e. The molecular formula is C62H114N5O40P5. The number of hydrogen-bond acceptors (Lipinski definition) is 38. The Morgan fingerprint density at radius 3 is 1.36 bits per heavy atom. The van der Waals surface area contributed by atoms with Crippen LogP contribution in [0.5, 0.6) is 0 Å². The van der Waals surface area contributed by atoms with Gasteiger partial charge < -0.3 is 123 Å². The second-order valence-electron chi connectivity index (χ2n) is 27.6. The maximum Gasteiger partial charge on any atom is 0.474 e. The van der Waals surface area contributed by atoms with Crippen LogP contribution in [0.3, 0.4) is 0 Å². The first-order valence-corrected chi connectivity index (χ1v) is 44.1. The predicted molar refractivity (Wildman–Crippen MR) is 379 cm³/mol. The number of hydrogen-bond donors (Lipinski definition) is 15. The minimum atomic E-state index is -5.44. The first kappa shape index (κ1) is 98.6. The number of aryl methyl sites for hydroxylation is 1. The molecule has 0 aliphatic carbocycles. The number of carbonyl (C=O) groups is 1. The number of unbranched alkanes of at least 4 members (excludes halogenated alkanes) is 9. The maximum atomic E-state index is 14.1. The van der Waals surface area contributed by atoms with E-state index < -0.39 is 240 Å². The molecule has 50 heteroatoms. The molecule has 1 amide bonds. The largest absolute Gasteiger partial charge is 0.474 e. The zero-order valence-corrected chi connectivity index (χ0v) is 67.7. The van der Waals surface area contributed by atoms with Gasteiger partial charge in [0.1, 0.15) is 79.0 Å². The van der Waals surface area contributed by atoms with Gasteiger partial charge in [-0.05, 0) is 59.3 Å². The maximum absolute atomic E-state index is 14.1. The fraction of sp³-hybridized carbons (Fsp3) is 0.903. The molecule has 0 saturated carbocycles. The minimum absolute atomic E-state index is 0.0299. The van der Waals surface area contributed by atoms with Crippen LogP contribution in [0.2, 0.25) is 0 Å². The molecule has 0 aromatic carbocycles. The number of phosphoric acid groups is 5. The van der Waals surface area contributed by atoms with Gasteiger partial charge in [-0.25, -0.2) is 37.8 Å². The Balaban J connectivity index is 1.10. The number of ether oxygens (including phenoxy) is 10. The standard InChI is InChI=1S/C62H114N5O40P5/c1-39(2)106-112(86,87)107-44-25-49(67-35-65-50-42(5)63-34-64-58(50)67)102-48(44)29-97-111(84,85)98-33-62(30-88-36-99-108(78,79)94-22-16-10-7-13-19-91-59-40(3)52(72)54(74)45(26-68)103-59,31-89-37-100-109(80,81)95-23-17-11-8-14-20-92-60-41(4)53(73)55(75)46(27-69)104-60)32-90-38-101-110(82,83)96-24-18-12-9-15-21-93-61-51(66-43(6)71)57(77)56(76)47(28-70)105-61/h34-35,39-41,44-49,51-57,59-61,68-70,72-77H,7-33,36-38H2,1-6H3,(H,66,71)(H,78,79)(H,80,81)(H,82,83)(H,84,85)(H,86,87)/t40?,41?,44?,45?,46?,47?,48-,49-,51?,52-,53-,54+,55+,56+,57-,59-,60-,61-,62?/m1/s1. The van der Waals surface area contributed by atoms with Crippen LogP contribution >= 0.6 is 39.1 Å². The van der Waals surface area contributed by atoms with Crippen molar-refractivity contribution in [2.45, 2.75) is 229 Å². The number of phosphoric ester groups is 5. The van der Waals surface area contributed by atoms with E-state index in [0.717, 1.165) is 0 Å². The van der Waals surface area contributed by atoms with E-state index >= 15 is 0 Å². The zero-order chi connectivity index (χ0) is 82.5. The molecule has 2 aromatic rings. The summed E-state index contributed by atoms with van der Waals surface area (Å²) in [6, 6.07) is -1.16. The third kappa shape index (κ3) is 33.1. The number of aromatic nitrogens is 4. The lowest BCUT2D eigenvalue weighted by molar-refractivity contribution is -0.282. The van der Waals surface area contributed by atoms with Gasteiger partial charge in [-0.2, -0.15) is 0 Å². The van der Waals surface area contributed by atoms with Crippen LogP contribution in [0.1, 0.15) is 130 Å². The number of imidazole rings is 1. The Labute approximate surface area is 647 Å². The summed E-state index contributed by atoms with van der Waals surface area (Å²) in [6.07, 6.45) is -11.7. The van der Waals surface area contributed by atoms with Crippen molar-refractivity contribution in [3.8, 4) is 0 Å². The Bertz CT molecular complexity index is 3220. The summed E-state index contributed by atoms with van der Waals surface area (Å²) in [5.41, 5.74) is -0.874. The van der Waals surface area contributed by atoms with Gasteiger partial charge >= 0.3 is 39.1 Å². The van der Waals surface area contributed by atoms with Gasteiger partial charge in [0.25, 0.3) is 0 Å². The van der Waals surface area contributed by atoms with E-state index in [2.05, 4.69) is 20.3 Å². The highest BCUT2D eigenvalue weighted by Crippen LogP contribution is 2.52. The van der Waals surface area contributed by atoms with Crippen molar-refractivity contribution in [2.24, 2.45) is 17.3 Å². The summed E-state index contributed by atoms with van der Waals surface area (Å²) < 4.78 is 178. The van der Waals surface area contributed by atoms with Gasteiger partial charge in [-0.15, -0.1) is 0 Å². The number of nitrogens with one attached hydrogen (secondary N) is 1.